The van der Waals surface area contributed by atoms with Gasteiger partial charge in [-0.05, 0) is 49.8 Å². The third-order valence-electron chi connectivity index (χ3n) is 8.69. The summed E-state index contributed by atoms with van der Waals surface area (Å²) in [6, 6.07) is 2.61. The highest BCUT2D eigenvalue weighted by Crippen LogP contribution is 2.42. The lowest BCUT2D eigenvalue weighted by molar-refractivity contribution is -0.128. The molecule has 2 aromatic heterocycles. The average Bonchev–Trinajstić information content (AvgIpc) is 3.03. The van der Waals surface area contributed by atoms with Crippen LogP contribution < -0.4 is 16.2 Å². The van der Waals surface area contributed by atoms with Gasteiger partial charge in [-0.25, -0.2) is 22.5 Å². The molecule has 3 aromatic rings. The molecule has 0 aliphatic carbocycles. The molecule has 0 bridgehead atoms. The van der Waals surface area contributed by atoms with Gasteiger partial charge in [0.25, 0.3) is 5.56 Å². The number of hydrogen-bond donors (Lipinski definition) is 1. The number of aromatic nitrogens is 2. The highest BCUT2D eigenvalue weighted by atomic mass is 35.5. The first-order chi connectivity index (χ1) is 22.2. The third-order valence-corrected chi connectivity index (χ3v) is 8.97. The van der Waals surface area contributed by atoms with Gasteiger partial charge in [0.2, 0.25) is 5.91 Å². The van der Waals surface area contributed by atoms with Crippen molar-refractivity contribution >= 4 is 45.6 Å². The quantitative estimate of drug-likeness (QED) is 0.123. The number of amides is 1. The number of allylic oxidation sites excluding steroid dienone is 2. The number of carbonyl (C=O) groups excluding carboxylic acids is 1. The van der Waals surface area contributed by atoms with Crippen LogP contribution in [-0.4, -0.2) is 64.0 Å². The summed E-state index contributed by atoms with van der Waals surface area (Å²) in [6.45, 7) is 11.7. The van der Waals surface area contributed by atoms with Crippen LogP contribution in [-0.2, 0) is 4.79 Å². The van der Waals surface area contributed by atoms with E-state index in [-0.39, 0.29) is 64.8 Å². The van der Waals surface area contributed by atoms with Gasteiger partial charge in [0.05, 0.1) is 39.4 Å². The Balaban J connectivity index is 1.92. The van der Waals surface area contributed by atoms with Crippen LogP contribution in [0, 0.1) is 40.5 Å². The molecule has 1 unspecified atom stereocenters. The second-order valence-electron chi connectivity index (χ2n) is 12.0. The lowest BCUT2D eigenvalue weighted by Crippen LogP contribution is -2.54. The largest absolute Gasteiger partial charge is 0.396 e. The summed E-state index contributed by atoms with van der Waals surface area (Å²) < 4.78 is 59.8. The van der Waals surface area contributed by atoms with Gasteiger partial charge in [-0.15, -0.1) is 0 Å². The Morgan fingerprint density at radius 3 is 2.45 bits per heavy atom. The number of anilines is 2. The van der Waals surface area contributed by atoms with Gasteiger partial charge in [0.15, 0.2) is 23.3 Å². The fourth-order valence-electron chi connectivity index (χ4n) is 6.51. The number of halogens is 5. The molecule has 5 rings (SSSR count). The van der Waals surface area contributed by atoms with Crippen LogP contribution in [0.15, 0.2) is 41.4 Å². The summed E-state index contributed by atoms with van der Waals surface area (Å²) in [5.41, 5.74) is 3.45. The number of carbonyl (C=O) groups is 1. The number of nitrogens with two attached hydrogens (primary N) is 1. The number of nitrogen functional groups attached to an aromatic ring is 1. The fourth-order valence-corrected chi connectivity index (χ4v) is 6.76. The van der Waals surface area contributed by atoms with Crippen LogP contribution in [0.5, 0.6) is 0 Å². The number of hydrogen-bond acceptors (Lipinski definition) is 7. The average molecular weight is 670 g/mol. The summed E-state index contributed by atoms with van der Waals surface area (Å²) in [4.78, 5) is 36.8. The number of fused-ring (bicyclic) bond motifs is 1. The second kappa shape index (κ2) is 12.4. The first-order valence-corrected chi connectivity index (χ1v) is 15.1. The van der Waals surface area contributed by atoms with E-state index in [1.165, 1.54) is 16.7 Å². The molecular weight excluding hydrogens is 638 g/mol. The molecule has 1 saturated heterocycles. The van der Waals surface area contributed by atoms with E-state index in [0.29, 0.717) is 11.3 Å². The Morgan fingerprint density at radius 2 is 1.85 bits per heavy atom. The third kappa shape index (κ3) is 5.30. The Hall–Kier alpha value is -4.83. The number of nitriles is 1. The summed E-state index contributed by atoms with van der Waals surface area (Å²) in [7, 11) is 1.82. The minimum absolute atomic E-state index is 0.0708. The monoisotopic (exact) mass is 669 g/mol. The molecule has 4 heterocycles. The van der Waals surface area contributed by atoms with E-state index in [2.05, 4.69) is 17.6 Å². The molecule has 246 valence electrons. The molecular formula is C33H32ClF4N7O2. The van der Waals surface area contributed by atoms with E-state index in [4.69, 9.17) is 17.3 Å². The molecule has 1 aromatic carbocycles. The van der Waals surface area contributed by atoms with Crippen molar-refractivity contribution in [2.24, 2.45) is 5.92 Å². The lowest BCUT2D eigenvalue weighted by atomic mass is 9.93. The smallest absolute Gasteiger partial charge is 0.276 e. The standard InChI is InChI=1S/C33H32ClF4N7O2/c1-7-21(46)44-11-10-43(14-17(44)5)31-18-12-20(34)28(22-23(35)24(36)25(37)26(38)27(22)40)41-32(18)45(33(47)19(31)13-39)30-16(4)8-9-42(6)29(30)15(2)3/h7-9,12,15,17,29H,1,10-11,14,40H2,2-6H3/t17-,29?/m1/s1. The van der Waals surface area contributed by atoms with Crippen molar-refractivity contribution < 1.29 is 22.4 Å². The normalized spacial score (nSPS) is 18.4. The number of benzene rings is 1. The highest BCUT2D eigenvalue weighted by Gasteiger charge is 2.35. The van der Waals surface area contributed by atoms with Gasteiger partial charge in [-0.2, -0.15) is 5.26 Å². The summed E-state index contributed by atoms with van der Waals surface area (Å²) in [5.74, 6) is -8.19. The predicted octanol–water partition coefficient (Wildman–Crippen LogP) is 5.66. The van der Waals surface area contributed by atoms with Gasteiger partial charge >= 0.3 is 0 Å². The first kappa shape index (κ1) is 33.5. The molecule has 0 saturated carbocycles. The molecule has 2 aliphatic rings. The van der Waals surface area contributed by atoms with Crippen LogP contribution in [0.4, 0.5) is 28.9 Å². The van der Waals surface area contributed by atoms with E-state index in [1.54, 1.807) is 29.7 Å². The molecule has 2 atom stereocenters. The van der Waals surface area contributed by atoms with Gasteiger partial charge in [0, 0.05) is 38.1 Å². The predicted molar refractivity (Wildman–Crippen MR) is 173 cm³/mol. The molecule has 47 heavy (non-hydrogen) atoms. The van der Waals surface area contributed by atoms with Crippen LogP contribution in [0.25, 0.3) is 28.0 Å². The number of pyridine rings is 2. The van der Waals surface area contributed by atoms with Gasteiger partial charge in [-0.1, -0.05) is 32.0 Å². The van der Waals surface area contributed by atoms with E-state index in [0.717, 1.165) is 0 Å². The van der Waals surface area contributed by atoms with Crippen molar-refractivity contribution in [3.8, 4) is 17.3 Å². The van der Waals surface area contributed by atoms with E-state index >= 15 is 4.39 Å². The SMILES string of the molecule is C=CC(=O)N1CCN(c2c(C#N)c(=O)n(C3=C(C)C=CN(C)C3C(C)C)c3nc(-c4c(N)c(F)c(F)c(F)c4F)c(Cl)cc23)C[C@H]1C. The summed E-state index contributed by atoms with van der Waals surface area (Å²) >= 11 is 6.65. The minimum atomic E-state index is -2.11. The van der Waals surface area contributed by atoms with Crippen molar-refractivity contribution in [3.63, 3.8) is 0 Å². The van der Waals surface area contributed by atoms with Crippen LogP contribution >= 0.6 is 11.6 Å². The topological polar surface area (TPSA) is 111 Å². The van der Waals surface area contributed by atoms with E-state index < -0.39 is 51.8 Å². The Bertz CT molecular complexity index is 1990. The number of rotatable bonds is 5. The molecule has 0 radical (unpaired) electrons. The summed E-state index contributed by atoms with van der Waals surface area (Å²) in [5, 5.41) is 10.3. The van der Waals surface area contributed by atoms with E-state index in [1.807, 2.05) is 32.0 Å². The molecule has 1 amide bonds. The number of likely N-dealkylation sites (N-methyl/N-ethyl adjacent to an activating group) is 1. The molecule has 2 N–H and O–H groups in total. The van der Waals surface area contributed by atoms with Crippen molar-refractivity contribution in [1.29, 1.82) is 5.26 Å². The molecule has 1 fully saturated rings. The molecule has 14 heteroatoms. The van der Waals surface area contributed by atoms with Crippen molar-refractivity contribution in [1.82, 2.24) is 19.4 Å². The van der Waals surface area contributed by atoms with Crippen molar-refractivity contribution in [2.45, 2.75) is 39.8 Å². The fraction of sp³-hybridized carbons (Fsp3) is 0.333. The Labute approximate surface area is 273 Å². The number of nitrogens with zero attached hydrogens (tertiary/aromatic N) is 6. The van der Waals surface area contributed by atoms with E-state index in [9.17, 15) is 28.0 Å². The van der Waals surface area contributed by atoms with Crippen molar-refractivity contribution in [2.75, 3.05) is 37.3 Å². The Kier molecular flexibility index (Phi) is 8.85. The van der Waals surface area contributed by atoms with Crippen LogP contribution in [0.1, 0.15) is 33.3 Å². The number of piperazine rings is 1. The maximum atomic E-state index is 15.3. The first-order valence-electron chi connectivity index (χ1n) is 14.8. The summed E-state index contributed by atoms with van der Waals surface area (Å²) in [6.07, 6.45) is 4.83. The molecule has 9 nitrogen and oxygen atoms in total. The van der Waals surface area contributed by atoms with Crippen LogP contribution in [0.3, 0.4) is 0 Å². The van der Waals surface area contributed by atoms with Crippen LogP contribution in [0.2, 0.25) is 5.02 Å². The maximum Gasteiger partial charge on any atom is 0.276 e. The highest BCUT2D eigenvalue weighted by molar-refractivity contribution is 6.34. The second-order valence-corrected chi connectivity index (χ2v) is 12.4. The van der Waals surface area contributed by atoms with Gasteiger partial charge in [0.1, 0.15) is 17.3 Å². The molecule has 2 aliphatic heterocycles. The molecule has 0 spiro atoms. The van der Waals surface area contributed by atoms with Crippen molar-refractivity contribution in [3.05, 3.63) is 80.8 Å². The maximum absolute atomic E-state index is 15.3. The zero-order valence-corrected chi connectivity index (χ0v) is 27.1. The van der Waals surface area contributed by atoms with Gasteiger partial charge < -0.3 is 20.4 Å². The lowest BCUT2D eigenvalue weighted by Gasteiger charge is -2.41. The van der Waals surface area contributed by atoms with Gasteiger partial charge in [-0.3, -0.25) is 14.2 Å². The zero-order valence-electron chi connectivity index (χ0n) is 26.3. The minimum Gasteiger partial charge on any atom is -0.396 e. The zero-order chi connectivity index (χ0) is 34.6. The Morgan fingerprint density at radius 1 is 1.19 bits per heavy atom.